The van der Waals surface area contributed by atoms with E-state index < -0.39 is 0 Å². The molecule has 1 aliphatic carbocycles. The predicted molar refractivity (Wildman–Crippen MR) is 67.1 cm³/mol. The summed E-state index contributed by atoms with van der Waals surface area (Å²) in [6.45, 7) is 2.21. The Morgan fingerprint density at radius 3 is 2.87 bits per heavy atom. The van der Waals surface area contributed by atoms with Gasteiger partial charge < -0.3 is 0 Å². The highest BCUT2D eigenvalue weighted by atomic mass is 32.1. The van der Waals surface area contributed by atoms with Gasteiger partial charge in [-0.15, -0.1) is 11.3 Å². The van der Waals surface area contributed by atoms with Gasteiger partial charge in [0.2, 0.25) is 0 Å². The second kappa shape index (κ2) is 3.35. The van der Waals surface area contributed by atoms with Gasteiger partial charge in [0.25, 0.3) is 0 Å². The van der Waals surface area contributed by atoms with Crippen LogP contribution in [0.5, 0.6) is 0 Å². The molecule has 1 aromatic heterocycles. The van der Waals surface area contributed by atoms with Crippen molar-refractivity contribution in [2.24, 2.45) is 0 Å². The van der Waals surface area contributed by atoms with Crippen LogP contribution in [0.1, 0.15) is 18.1 Å². The zero-order valence-electron chi connectivity index (χ0n) is 8.66. The Morgan fingerprint density at radius 2 is 1.93 bits per heavy atom. The maximum Gasteiger partial charge on any atom is 0.0420 e. The fraction of sp³-hybridized carbons (Fsp3) is 0.143. The first-order valence-corrected chi connectivity index (χ1v) is 6.07. The molecule has 3 rings (SSSR count). The largest absolute Gasteiger partial charge is 0.143 e. The van der Waals surface area contributed by atoms with Gasteiger partial charge in [0.05, 0.1) is 0 Å². The summed E-state index contributed by atoms with van der Waals surface area (Å²) in [5, 5.41) is 2.18. The fourth-order valence-electron chi connectivity index (χ4n) is 2.12. The highest BCUT2D eigenvalue weighted by molar-refractivity contribution is 7.14. The van der Waals surface area contributed by atoms with E-state index in [0.717, 1.165) is 6.42 Å². The lowest BCUT2D eigenvalue weighted by atomic mass is 10.0. The third kappa shape index (κ3) is 1.35. The zero-order chi connectivity index (χ0) is 10.3. The second-order valence-electron chi connectivity index (χ2n) is 3.91. The van der Waals surface area contributed by atoms with Crippen molar-refractivity contribution in [2.75, 3.05) is 0 Å². The number of rotatable bonds is 0. The maximum atomic E-state index is 2.33. The Bertz CT molecular complexity index is 532. The van der Waals surface area contributed by atoms with Crippen molar-refractivity contribution in [3.63, 3.8) is 0 Å². The molecule has 0 saturated heterocycles. The average molecular weight is 212 g/mol. The molecule has 0 radical (unpaired) electrons. The standard InChI is InChI=1S/C14H12S/c1-10-6-7-11-4-2-3-5-13(11)14-12(10)8-9-15-14/h2-6,8-9H,7H2,1H3. The van der Waals surface area contributed by atoms with Crippen LogP contribution in [0.4, 0.5) is 0 Å². The average Bonchev–Trinajstić information content (AvgIpc) is 2.71. The van der Waals surface area contributed by atoms with E-state index in [0.29, 0.717) is 0 Å². The first kappa shape index (κ1) is 8.93. The summed E-state index contributed by atoms with van der Waals surface area (Å²) in [5.41, 5.74) is 5.67. The number of hydrogen-bond donors (Lipinski definition) is 0. The Balaban J connectivity index is 2.33. The maximum absolute atomic E-state index is 2.33. The summed E-state index contributed by atoms with van der Waals surface area (Å²) in [6, 6.07) is 10.9. The van der Waals surface area contributed by atoms with E-state index in [-0.39, 0.29) is 0 Å². The number of benzene rings is 1. The molecule has 0 amide bonds. The van der Waals surface area contributed by atoms with Crippen molar-refractivity contribution in [2.45, 2.75) is 13.3 Å². The molecule has 2 aromatic rings. The quantitative estimate of drug-likeness (QED) is 0.608. The zero-order valence-corrected chi connectivity index (χ0v) is 9.47. The molecule has 0 atom stereocenters. The molecule has 0 fully saturated rings. The highest BCUT2D eigenvalue weighted by Crippen LogP contribution is 2.38. The summed E-state index contributed by atoms with van der Waals surface area (Å²) >= 11 is 1.84. The van der Waals surface area contributed by atoms with Crippen molar-refractivity contribution in [1.29, 1.82) is 0 Å². The molecule has 0 N–H and O–H groups in total. The SMILES string of the molecule is CC1=CCc2ccccc2-c2sccc21. The van der Waals surface area contributed by atoms with Crippen molar-refractivity contribution in [1.82, 2.24) is 0 Å². The van der Waals surface area contributed by atoms with Gasteiger partial charge in [-0.1, -0.05) is 30.3 Å². The topological polar surface area (TPSA) is 0 Å². The normalized spacial score (nSPS) is 13.8. The summed E-state index contributed by atoms with van der Waals surface area (Å²) in [5.74, 6) is 0. The van der Waals surface area contributed by atoms with Crippen LogP contribution in [0.3, 0.4) is 0 Å². The van der Waals surface area contributed by atoms with Crippen molar-refractivity contribution < 1.29 is 0 Å². The van der Waals surface area contributed by atoms with Gasteiger partial charge in [0.1, 0.15) is 0 Å². The van der Waals surface area contributed by atoms with Crippen molar-refractivity contribution in [3.05, 3.63) is 52.9 Å². The molecule has 0 spiro atoms. The number of allylic oxidation sites excluding steroid dienone is 2. The molecule has 0 nitrogen and oxygen atoms in total. The molecular formula is C14H12S. The fourth-order valence-corrected chi connectivity index (χ4v) is 3.14. The number of fused-ring (bicyclic) bond motifs is 3. The molecule has 0 aliphatic heterocycles. The number of thiophene rings is 1. The van der Waals surface area contributed by atoms with Gasteiger partial charge in [0, 0.05) is 4.88 Å². The third-order valence-corrected chi connectivity index (χ3v) is 3.93. The molecule has 1 aliphatic rings. The van der Waals surface area contributed by atoms with E-state index in [4.69, 9.17) is 0 Å². The molecule has 0 saturated carbocycles. The molecule has 1 heterocycles. The Labute approximate surface area is 93.9 Å². The van der Waals surface area contributed by atoms with E-state index in [9.17, 15) is 0 Å². The molecule has 74 valence electrons. The number of hydrogen-bond acceptors (Lipinski definition) is 1. The van der Waals surface area contributed by atoms with Gasteiger partial charge >= 0.3 is 0 Å². The van der Waals surface area contributed by atoms with E-state index >= 15 is 0 Å². The Hall–Kier alpha value is -1.34. The first-order valence-electron chi connectivity index (χ1n) is 5.19. The summed E-state index contributed by atoms with van der Waals surface area (Å²) in [4.78, 5) is 1.43. The van der Waals surface area contributed by atoms with E-state index in [1.807, 2.05) is 11.3 Å². The van der Waals surface area contributed by atoms with Crippen LogP contribution in [-0.4, -0.2) is 0 Å². The second-order valence-corrected chi connectivity index (χ2v) is 4.83. The lowest BCUT2D eigenvalue weighted by Gasteiger charge is -2.04. The van der Waals surface area contributed by atoms with Crippen LogP contribution in [0.15, 0.2) is 41.8 Å². The van der Waals surface area contributed by atoms with Gasteiger partial charge in [-0.2, -0.15) is 0 Å². The molecule has 1 heteroatoms. The lowest BCUT2D eigenvalue weighted by molar-refractivity contribution is 1.29. The molecule has 15 heavy (non-hydrogen) atoms. The highest BCUT2D eigenvalue weighted by Gasteiger charge is 2.14. The molecular weight excluding hydrogens is 200 g/mol. The van der Waals surface area contributed by atoms with Crippen LogP contribution in [0.2, 0.25) is 0 Å². The van der Waals surface area contributed by atoms with E-state index in [2.05, 4.69) is 48.7 Å². The minimum atomic E-state index is 1.06. The summed E-state index contributed by atoms with van der Waals surface area (Å²) < 4.78 is 0. The molecule has 0 unspecified atom stereocenters. The third-order valence-electron chi connectivity index (χ3n) is 2.98. The van der Waals surface area contributed by atoms with Crippen LogP contribution in [0, 0.1) is 0 Å². The van der Waals surface area contributed by atoms with Crippen LogP contribution < -0.4 is 0 Å². The van der Waals surface area contributed by atoms with Gasteiger partial charge in [0.15, 0.2) is 0 Å². The van der Waals surface area contributed by atoms with Crippen LogP contribution >= 0.6 is 11.3 Å². The van der Waals surface area contributed by atoms with Crippen molar-refractivity contribution in [3.8, 4) is 10.4 Å². The Morgan fingerprint density at radius 1 is 1.07 bits per heavy atom. The van der Waals surface area contributed by atoms with Gasteiger partial charge in [-0.3, -0.25) is 0 Å². The predicted octanol–water partition coefficient (Wildman–Crippen LogP) is 4.37. The minimum Gasteiger partial charge on any atom is -0.143 e. The van der Waals surface area contributed by atoms with E-state index in [1.165, 1.54) is 27.1 Å². The van der Waals surface area contributed by atoms with Gasteiger partial charge in [-0.05, 0) is 47.1 Å². The summed E-state index contributed by atoms with van der Waals surface area (Å²) in [7, 11) is 0. The molecule has 1 aromatic carbocycles. The summed E-state index contributed by atoms with van der Waals surface area (Å²) in [6.07, 6.45) is 3.39. The van der Waals surface area contributed by atoms with Crippen LogP contribution in [-0.2, 0) is 6.42 Å². The van der Waals surface area contributed by atoms with Crippen molar-refractivity contribution >= 4 is 16.9 Å². The molecule has 0 bridgehead atoms. The lowest BCUT2D eigenvalue weighted by Crippen LogP contribution is -1.83. The smallest absolute Gasteiger partial charge is 0.0420 e. The first-order chi connectivity index (χ1) is 7.36. The minimum absolute atomic E-state index is 1.06. The van der Waals surface area contributed by atoms with Crippen LogP contribution in [0.25, 0.3) is 16.0 Å². The monoisotopic (exact) mass is 212 g/mol. The van der Waals surface area contributed by atoms with Gasteiger partial charge in [-0.25, -0.2) is 0 Å². The Kier molecular flexibility index (Phi) is 2.00. The van der Waals surface area contributed by atoms with E-state index in [1.54, 1.807) is 0 Å².